The number of aryl methyl sites for hydroxylation is 3. The molecule has 0 unspecified atom stereocenters. The minimum Gasteiger partial charge on any atom is -0.315 e. The predicted octanol–water partition coefficient (Wildman–Crippen LogP) is 4.22. The maximum Gasteiger partial charge on any atom is 0.252 e. The van der Waals surface area contributed by atoms with Crippen LogP contribution in [0.2, 0.25) is 0 Å². The lowest BCUT2D eigenvalue weighted by Crippen LogP contribution is -2.38. The van der Waals surface area contributed by atoms with Gasteiger partial charge in [0.1, 0.15) is 0 Å². The van der Waals surface area contributed by atoms with Gasteiger partial charge in [-0.1, -0.05) is 57.5 Å². The molecule has 2 atom stereocenters. The van der Waals surface area contributed by atoms with E-state index in [-0.39, 0.29) is 35.1 Å². The Morgan fingerprint density at radius 3 is 2.53 bits per heavy atom. The third-order valence-electron chi connectivity index (χ3n) is 5.42. The minimum atomic E-state index is -3.10. The van der Waals surface area contributed by atoms with E-state index >= 15 is 0 Å². The van der Waals surface area contributed by atoms with E-state index in [4.69, 9.17) is 0 Å². The van der Waals surface area contributed by atoms with Crippen LogP contribution >= 0.6 is 27.7 Å². The molecular formula is C22H23BrN2O3S2. The molecule has 2 aromatic rings. The van der Waals surface area contributed by atoms with E-state index in [1.807, 2.05) is 62.1 Å². The Morgan fingerprint density at radius 2 is 1.87 bits per heavy atom. The largest absolute Gasteiger partial charge is 0.315 e. The summed E-state index contributed by atoms with van der Waals surface area (Å²) in [5.74, 6) is -0.00757. The summed E-state index contributed by atoms with van der Waals surface area (Å²) in [7, 11) is -3.10. The van der Waals surface area contributed by atoms with Gasteiger partial charge in [-0.3, -0.25) is 4.79 Å². The number of aliphatic imine (C=N–C) groups is 1. The number of rotatable bonds is 3. The average Bonchev–Trinajstić information content (AvgIpc) is 3.06. The number of thioether (sulfide) groups is 1. The van der Waals surface area contributed by atoms with Gasteiger partial charge in [-0.05, 0) is 49.6 Å². The first-order valence-electron chi connectivity index (χ1n) is 9.73. The Kier molecular flexibility index (Phi) is 5.85. The molecule has 2 aliphatic rings. The fraction of sp³-hybridized carbons (Fsp3) is 0.364. The van der Waals surface area contributed by atoms with Gasteiger partial charge in [0.25, 0.3) is 5.91 Å². The summed E-state index contributed by atoms with van der Waals surface area (Å²) in [4.78, 5) is 19.2. The molecule has 2 aromatic carbocycles. The molecule has 5 nitrogen and oxygen atoms in total. The molecule has 0 saturated carbocycles. The number of benzene rings is 2. The van der Waals surface area contributed by atoms with E-state index in [2.05, 4.69) is 20.9 Å². The standard InChI is InChI=1S/C22H23BrN2O3S2/c1-13-5-4-6-16(7-13)10-20(26)24-22-25(18-11-30(27,28)12-19(18)29-22)21-14(2)8-17(23)9-15(21)3/h4-9,18-19H,10-12H2,1-3H3/t18-,19+/m0/s1. The zero-order valence-corrected chi connectivity index (χ0v) is 20.3. The Bertz CT molecular complexity index is 1140. The van der Waals surface area contributed by atoms with Crippen LogP contribution in [0, 0.1) is 20.8 Å². The van der Waals surface area contributed by atoms with Gasteiger partial charge in [0, 0.05) is 15.4 Å². The molecule has 0 bridgehead atoms. The van der Waals surface area contributed by atoms with Crippen molar-refractivity contribution in [3.8, 4) is 0 Å². The second-order valence-electron chi connectivity index (χ2n) is 8.01. The SMILES string of the molecule is Cc1cccc(CC(=O)N=C2S[C@@H]3CS(=O)(=O)C[C@@H]3N2c2c(C)cc(Br)cc2C)c1. The number of hydrogen-bond acceptors (Lipinski definition) is 4. The fourth-order valence-corrected chi connectivity index (χ4v) is 8.86. The van der Waals surface area contributed by atoms with Crippen LogP contribution in [-0.4, -0.2) is 42.3 Å². The van der Waals surface area contributed by atoms with Crippen molar-refractivity contribution in [2.45, 2.75) is 38.5 Å². The maximum atomic E-state index is 12.8. The molecule has 2 saturated heterocycles. The van der Waals surface area contributed by atoms with Crippen LogP contribution in [0.1, 0.15) is 22.3 Å². The Labute approximate surface area is 190 Å². The fourth-order valence-electron chi connectivity index (χ4n) is 4.25. The summed E-state index contributed by atoms with van der Waals surface area (Å²) in [6, 6.07) is 11.7. The van der Waals surface area contributed by atoms with Crippen LogP contribution in [0.15, 0.2) is 45.9 Å². The van der Waals surface area contributed by atoms with Crippen LogP contribution in [0.25, 0.3) is 0 Å². The highest BCUT2D eigenvalue weighted by molar-refractivity contribution is 9.10. The molecule has 0 radical (unpaired) electrons. The topological polar surface area (TPSA) is 66.8 Å². The second-order valence-corrected chi connectivity index (χ2v) is 12.3. The Hall–Kier alpha value is -1.64. The van der Waals surface area contributed by atoms with Gasteiger partial charge in [0.05, 0.1) is 24.0 Å². The van der Waals surface area contributed by atoms with Crippen LogP contribution in [0.4, 0.5) is 5.69 Å². The second kappa shape index (κ2) is 8.13. The number of anilines is 1. The smallest absolute Gasteiger partial charge is 0.252 e. The molecule has 4 rings (SSSR count). The normalized spacial score (nSPS) is 23.7. The highest BCUT2D eigenvalue weighted by atomic mass is 79.9. The quantitative estimate of drug-likeness (QED) is 0.623. The first kappa shape index (κ1) is 21.6. The Balaban J connectivity index is 1.71. The third-order valence-corrected chi connectivity index (χ3v) is 9.09. The van der Waals surface area contributed by atoms with Gasteiger partial charge in [0.2, 0.25) is 0 Å². The van der Waals surface area contributed by atoms with Gasteiger partial charge in [0.15, 0.2) is 15.0 Å². The number of sulfone groups is 1. The van der Waals surface area contributed by atoms with Gasteiger partial charge in [-0.25, -0.2) is 8.42 Å². The summed E-state index contributed by atoms with van der Waals surface area (Å²) in [5, 5.41) is 0.494. The number of halogens is 1. The summed E-state index contributed by atoms with van der Waals surface area (Å²) in [5.41, 5.74) is 5.01. The van der Waals surface area contributed by atoms with E-state index in [9.17, 15) is 13.2 Å². The molecule has 2 aliphatic heterocycles. The van der Waals surface area contributed by atoms with Gasteiger partial charge < -0.3 is 4.90 Å². The number of carbonyl (C=O) groups is 1. The Morgan fingerprint density at radius 1 is 1.17 bits per heavy atom. The van der Waals surface area contributed by atoms with E-state index in [1.165, 1.54) is 11.8 Å². The summed E-state index contributed by atoms with van der Waals surface area (Å²) in [6.45, 7) is 6.00. The summed E-state index contributed by atoms with van der Waals surface area (Å²) >= 11 is 4.94. The highest BCUT2D eigenvalue weighted by Gasteiger charge is 2.50. The van der Waals surface area contributed by atoms with Gasteiger partial charge in [-0.2, -0.15) is 4.99 Å². The summed E-state index contributed by atoms with van der Waals surface area (Å²) < 4.78 is 25.6. The van der Waals surface area contributed by atoms with Gasteiger partial charge >= 0.3 is 0 Å². The lowest BCUT2D eigenvalue weighted by molar-refractivity contribution is -0.117. The number of carbonyl (C=O) groups excluding carboxylic acids is 1. The van der Waals surface area contributed by atoms with Crippen molar-refractivity contribution >= 4 is 54.3 Å². The first-order valence-corrected chi connectivity index (χ1v) is 13.2. The van der Waals surface area contributed by atoms with Gasteiger partial charge in [-0.15, -0.1) is 0 Å². The van der Waals surface area contributed by atoms with Crippen molar-refractivity contribution in [1.29, 1.82) is 0 Å². The third kappa shape index (κ3) is 4.36. The molecule has 8 heteroatoms. The zero-order valence-electron chi connectivity index (χ0n) is 17.1. The van der Waals surface area contributed by atoms with Crippen LogP contribution < -0.4 is 4.90 Å². The average molecular weight is 507 g/mol. The number of nitrogens with zero attached hydrogens (tertiary/aromatic N) is 2. The van der Waals surface area contributed by atoms with Crippen LogP contribution in [-0.2, 0) is 21.1 Å². The van der Waals surface area contributed by atoms with Crippen molar-refractivity contribution in [2.75, 3.05) is 16.4 Å². The van der Waals surface area contributed by atoms with Crippen LogP contribution in [0.5, 0.6) is 0 Å². The molecule has 0 spiro atoms. The van der Waals surface area contributed by atoms with E-state index < -0.39 is 9.84 Å². The van der Waals surface area contributed by atoms with Crippen molar-refractivity contribution in [3.05, 3.63) is 63.1 Å². The van der Waals surface area contributed by atoms with Crippen molar-refractivity contribution in [2.24, 2.45) is 4.99 Å². The molecule has 30 heavy (non-hydrogen) atoms. The van der Waals surface area contributed by atoms with Crippen molar-refractivity contribution in [3.63, 3.8) is 0 Å². The molecule has 0 aliphatic carbocycles. The monoisotopic (exact) mass is 506 g/mol. The number of hydrogen-bond donors (Lipinski definition) is 0. The van der Waals surface area contributed by atoms with Crippen LogP contribution in [0.3, 0.4) is 0 Å². The van der Waals surface area contributed by atoms with E-state index in [1.54, 1.807) is 0 Å². The molecular weight excluding hydrogens is 484 g/mol. The molecule has 0 N–H and O–H groups in total. The maximum absolute atomic E-state index is 12.8. The number of amidine groups is 1. The lowest BCUT2D eigenvalue weighted by atomic mass is 10.1. The zero-order chi connectivity index (χ0) is 21.6. The highest BCUT2D eigenvalue weighted by Crippen LogP contribution is 2.43. The number of fused-ring (bicyclic) bond motifs is 1. The first-order chi connectivity index (χ1) is 14.1. The molecule has 2 heterocycles. The lowest BCUT2D eigenvalue weighted by Gasteiger charge is -2.28. The molecule has 158 valence electrons. The molecule has 1 amide bonds. The summed E-state index contributed by atoms with van der Waals surface area (Å²) in [6.07, 6.45) is 0.228. The van der Waals surface area contributed by atoms with E-state index in [0.29, 0.717) is 5.17 Å². The van der Waals surface area contributed by atoms with E-state index in [0.717, 1.165) is 32.4 Å². The minimum absolute atomic E-state index is 0.0880. The molecule has 0 aromatic heterocycles. The van der Waals surface area contributed by atoms with Crippen molar-refractivity contribution in [1.82, 2.24) is 0 Å². The predicted molar refractivity (Wildman–Crippen MR) is 127 cm³/mol. The molecule has 2 fully saturated rings. The number of amides is 1. The van der Waals surface area contributed by atoms with Crippen molar-refractivity contribution < 1.29 is 13.2 Å².